The number of rotatable bonds is 5. The van der Waals surface area contributed by atoms with Gasteiger partial charge in [-0.2, -0.15) is 0 Å². The van der Waals surface area contributed by atoms with Crippen LogP contribution < -0.4 is 15.6 Å². The van der Waals surface area contributed by atoms with Crippen molar-refractivity contribution in [1.29, 1.82) is 0 Å². The number of benzene rings is 2. The highest BCUT2D eigenvalue weighted by Crippen LogP contribution is 2.20. The van der Waals surface area contributed by atoms with Crippen molar-refractivity contribution in [3.8, 4) is 5.75 Å². The first kappa shape index (κ1) is 19.2. The summed E-state index contributed by atoms with van der Waals surface area (Å²) in [7, 11) is 0. The Balaban J connectivity index is 1.54. The Bertz CT molecular complexity index is 947. The number of ether oxygens (including phenoxy) is 1. The number of amides is 2. The van der Waals surface area contributed by atoms with Crippen molar-refractivity contribution in [2.45, 2.75) is 6.61 Å². The van der Waals surface area contributed by atoms with Crippen molar-refractivity contribution in [1.82, 2.24) is 15.8 Å². The van der Waals surface area contributed by atoms with Crippen molar-refractivity contribution in [3.63, 3.8) is 0 Å². The van der Waals surface area contributed by atoms with Gasteiger partial charge in [-0.05, 0) is 42.5 Å². The van der Waals surface area contributed by atoms with E-state index in [4.69, 9.17) is 27.9 Å². The van der Waals surface area contributed by atoms with Gasteiger partial charge in [0, 0.05) is 16.0 Å². The second kappa shape index (κ2) is 8.85. The second-order valence-electron chi connectivity index (χ2n) is 5.33. The summed E-state index contributed by atoms with van der Waals surface area (Å²) in [4.78, 5) is 28.4. The van der Waals surface area contributed by atoms with Crippen LogP contribution in [0.25, 0.3) is 0 Å². The van der Waals surface area contributed by atoms with Gasteiger partial charge in [0.1, 0.15) is 12.4 Å². The van der Waals surface area contributed by atoms with E-state index in [9.17, 15) is 9.59 Å². The fourth-order valence-electron chi connectivity index (χ4n) is 2.09. The number of carbonyl (C=O) groups excluding carboxylic acids is 2. The number of hydrogen-bond acceptors (Lipinski definition) is 5. The number of nitrogens with zero attached hydrogens (tertiary/aromatic N) is 1. The lowest BCUT2D eigenvalue weighted by atomic mass is 10.2. The summed E-state index contributed by atoms with van der Waals surface area (Å²) in [6.07, 6.45) is 0. The number of hydrogen-bond donors (Lipinski definition) is 2. The zero-order valence-electron chi connectivity index (χ0n) is 13.7. The molecule has 6 nitrogen and oxygen atoms in total. The Kier molecular flexibility index (Phi) is 6.28. The first-order chi connectivity index (χ1) is 13.0. The molecule has 0 atom stereocenters. The summed E-state index contributed by atoms with van der Waals surface area (Å²) < 4.78 is 5.58. The van der Waals surface area contributed by atoms with Crippen LogP contribution in [-0.4, -0.2) is 16.8 Å². The van der Waals surface area contributed by atoms with E-state index in [0.717, 1.165) is 5.69 Å². The smallest absolute Gasteiger partial charge is 0.271 e. The van der Waals surface area contributed by atoms with Gasteiger partial charge in [0.25, 0.3) is 11.8 Å². The molecule has 0 aliphatic rings. The Morgan fingerprint density at radius 3 is 2.48 bits per heavy atom. The molecule has 0 unspecified atom stereocenters. The van der Waals surface area contributed by atoms with Crippen LogP contribution >= 0.6 is 34.5 Å². The Morgan fingerprint density at radius 2 is 1.78 bits per heavy atom. The van der Waals surface area contributed by atoms with Crippen molar-refractivity contribution >= 4 is 46.4 Å². The van der Waals surface area contributed by atoms with E-state index in [0.29, 0.717) is 22.9 Å². The van der Waals surface area contributed by atoms with E-state index < -0.39 is 11.8 Å². The molecule has 3 rings (SSSR count). The van der Waals surface area contributed by atoms with Crippen LogP contribution in [0.5, 0.6) is 5.75 Å². The molecule has 0 radical (unpaired) electrons. The molecule has 138 valence electrons. The normalized spacial score (nSPS) is 10.3. The average Bonchev–Trinajstić information content (AvgIpc) is 3.20. The molecule has 0 spiro atoms. The maximum Gasteiger partial charge on any atom is 0.271 e. The minimum absolute atomic E-state index is 0.162. The Labute approximate surface area is 169 Å². The van der Waals surface area contributed by atoms with Crippen LogP contribution in [0.15, 0.2) is 53.4 Å². The van der Waals surface area contributed by atoms with Crippen molar-refractivity contribution < 1.29 is 14.3 Å². The minimum atomic E-state index is -0.570. The average molecular weight is 422 g/mol. The summed E-state index contributed by atoms with van der Waals surface area (Å²) in [6.45, 7) is 0.353. The lowest BCUT2D eigenvalue weighted by Crippen LogP contribution is -2.41. The molecule has 27 heavy (non-hydrogen) atoms. The van der Waals surface area contributed by atoms with Crippen LogP contribution in [-0.2, 0) is 6.61 Å². The molecule has 0 aliphatic heterocycles. The molecule has 0 saturated heterocycles. The van der Waals surface area contributed by atoms with Gasteiger partial charge >= 0.3 is 0 Å². The molecule has 0 bridgehead atoms. The largest absolute Gasteiger partial charge is 0.487 e. The van der Waals surface area contributed by atoms with Crippen LogP contribution in [0.4, 0.5) is 0 Å². The molecule has 0 aliphatic carbocycles. The summed E-state index contributed by atoms with van der Waals surface area (Å²) >= 11 is 13.3. The molecule has 0 saturated carbocycles. The van der Waals surface area contributed by atoms with Gasteiger partial charge in [0.2, 0.25) is 0 Å². The molecule has 2 N–H and O–H groups in total. The number of halogens is 2. The lowest BCUT2D eigenvalue weighted by Gasteiger charge is -2.09. The highest BCUT2D eigenvalue weighted by Gasteiger charge is 2.13. The molecule has 2 amide bonds. The maximum absolute atomic E-state index is 12.2. The molecular weight excluding hydrogens is 409 g/mol. The van der Waals surface area contributed by atoms with E-state index in [1.54, 1.807) is 35.8 Å². The molecule has 3 aromatic rings. The second-order valence-corrected chi connectivity index (χ2v) is 6.89. The van der Waals surface area contributed by atoms with Crippen LogP contribution in [0.2, 0.25) is 10.0 Å². The number of hydrazine groups is 1. The van der Waals surface area contributed by atoms with Crippen LogP contribution in [0.3, 0.4) is 0 Å². The molecule has 0 fully saturated rings. The summed E-state index contributed by atoms with van der Waals surface area (Å²) in [5.74, 6) is -0.444. The standard InChI is InChI=1S/C18H13Cl2N3O3S/c19-12-3-6-16(20)15(7-12)18(25)23-22-17(24)11-1-4-14(5-2-11)26-8-13-9-27-10-21-13/h1-7,9-10H,8H2,(H,22,24)(H,23,25). The molecule has 2 aromatic carbocycles. The first-order valence-corrected chi connectivity index (χ1v) is 9.38. The zero-order chi connectivity index (χ0) is 19.2. The van der Waals surface area contributed by atoms with Gasteiger partial charge in [-0.25, -0.2) is 4.98 Å². The van der Waals surface area contributed by atoms with E-state index in [1.165, 1.54) is 23.5 Å². The minimum Gasteiger partial charge on any atom is -0.487 e. The SMILES string of the molecule is O=C(NNC(=O)c1cc(Cl)ccc1Cl)c1ccc(OCc2cscn2)cc1. The van der Waals surface area contributed by atoms with Gasteiger partial charge in [0.15, 0.2) is 0 Å². The van der Waals surface area contributed by atoms with E-state index >= 15 is 0 Å². The van der Waals surface area contributed by atoms with Gasteiger partial charge in [-0.15, -0.1) is 11.3 Å². The van der Waals surface area contributed by atoms with Gasteiger partial charge < -0.3 is 4.74 Å². The zero-order valence-corrected chi connectivity index (χ0v) is 16.1. The maximum atomic E-state index is 12.2. The van der Waals surface area contributed by atoms with Crippen LogP contribution in [0, 0.1) is 0 Å². The van der Waals surface area contributed by atoms with E-state index in [2.05, 4.69) is 15.8 Å². The molecule has 1 aromatic heterocycles. The number of carbonyl (C=O) groups is 2. The van der Waals surface area contributed by atoms with E-state index in [-0.39, 0.29) is 10.6 Å². The third-order valence-corrected chi connectivity index (χ3v) is 4.65. The van der Waals surface area contributed by atoms with Crippen LogP contribution in [0.1, 0.15) is 26.4 Å². The Morgan fingerprint density at radius 1 is 1.04 bits per heavy atom. The fraction of sp³-hybridized carbons (Fsp3) is 0.0556. The predicted molar refractivity (Wildman–Crippen MR) is 104 cm³/mol. The summed E-state index contributed by atoms with van der Waals surface area (Å²) in [6, 6.07) is 11.0. The number of aromatic nitrogens is 1. The lowest BCUT2D eigenvalue weighted by molar-refractivity contribution is 0.0846. The number of nitrogens with one attached hydrogen (secondary N) is 2. The first-order valence-electron chi connectivity index (χ1n) is 7.68. The topological polar surface area (TPSA) is 80.3 Å². The van der Waals surface area contributed by atoms with Gasteiger partial charge in [0.05, 0.1) is 21.8 Å². The molecule has 1 heterocycles. The monoisotopic (exact) mass is 421 g/mol. The summed E-state index contributed by atoms with van der Waals surface area (Å²) in [5, 5.41) is 2.49. The predicted octanol–water partition coefficient (Wildman–Crippen LogP) is 4.10. The van der Waals surface area contributed by atoms with Crippen molar-refractivity contribution in [3.05, 3.63) is 80.2 Å². The van der Waals surface area contributed by atoms with Crippen molar-refractivity contribution in [2.75, 3.05) is 0 Å². The molecule has 9 heteroatoms. The fourth-order valence-corrected chi connectivity index (χ4v) is 3.01. The Hall–Kier alpha value is -2.61. The quantitative estimate of drug-likeness (QED) is 0.607. The van der Waals surface area contributed by atoms with Gasteiger partial charge in [-0.1, -0.05) is 23.2 Å². The highest BCUT2D eigenvalue weighted by molar-refractivity contribution is 7.07. The third-order valence-electron chi connectivity index (χ3n) is 3.45. The molecular formula is C18H13Cl2N3O3S. The van der Waals surface area contributed by atoms with Gasteiger partial charge in [-0.3, -0.25) is 20.4 Å². The van der Waals surface area contributed by atoms with E-state index in [1.807, 2.05) is 5.38 Å². The summed E-state index contributed by atoms with van der Waals surface area (Å²) in [5.41, 5.74) is 7.72. The third kappa shape index (κ3) is 5.19. The van der Waals surface area contributed by atoms with Crippen molar-refractivity contribution in [2.24, 2.45) is 0 Å². The highest BCUT2D eigenvalue weighted by atomic mass is 35.5. The number of thiazole rings is 1.